The summed E-state index contributed by atoms with van der Waals surface area (Å²) in [7, 11) is 0. The highest BCUT2D eigenvalue weighted by Gasteiger charge is 2.35. The van der Waals surface area contributed by atoms with E-state index < -0.39 is 12.2 Å². The Morgan fingerprint density at radius 1 is 1.55 bits per heavy atom. The number of amides is 1. The number of aryl methyl sites for hydroxylation is 2. The second-order valence-corrected chi connectivity index (χ2v) is 7.09. The minimum Gasteiger partial charge on any atom is -0.338 e. The molecule has 1 amide bonds. The van der Waals surface area contributed by atoms with Crippen molar-refractivity contribution in [1.29, 1.82) is 0 Å². The van der Waals surface area contributed by atoms with Crippen molar-refractivity contribution in [3.05, 3.63) is 15.6 Å². The monoisotopic (exact) mass is 297 g/mol. The van der Waals surface area contributed by atoms with Gasteiger partial charge in [-0.15, -0.1) is 11.3 Å². The lowest BCUT2D eigenvalue weighted by atomic mass is 9.85. The van der Waals surface area contributed by atoms with E-state index in [-0.39, 0.29) is 18.4 Å². The Bertz CT molecular complexity index is 519. The van der Waals surface area contributed by atoms with Crippen molar-refractivity contribution in [2.24, 2.45) is 11.7 Å². The fourth-order valence-corrected chi connectivity index (χ4v) is 4.24. The molecule has 1 aromatic heterocycles. The molecule has 0 spiro atoms. The number of fused-ring (bicyclic) bond motifs is 1. The number of hydrogen-bond donors (Lipinski definition) is 1. The van der Waals surface area contributed by atoms with Gasteiger partial charge in [0.2, 0.25) is 5.91 Å². The molecule has 1 aromatic rings. The van der Waals surface area contributed by atoms with Crippen molar-refractivity contribution in [1.82, 2.24) is 9.88 Å². The van der Waals surface area contributed by atoms with Gasteiger partial charge >= 0.3 is 0 Å². The third-order valence-corrected chi connectivity index (χ3v) is 5.36. The third kappa shape index (κ3) is 2.59. The average molecular weight is 297 g/mol. The molecular formula is C14H20FN3OS. The third-order valence-electron chi connectivity index (χ3n) is 4.32. The standard InChI is InChI=1S/C14H20FN3OS/c1-8-17-11-3-2-9(6-12(11)20-8)13(16)14(19)18-5-4-10(15)7-18/h9-10,13H,2-7,16H2,1H3/t9?,10?,13-/m0/s1. The van der Waals surface area contributed by atoms with Crippen LogP contribution in [0.3, 0.4) is 0 Å². The molecule has 6 heteroatoms. The van der Waals surface area contributed by atoms with Crippen molar-refractivity contribution >= 4 is 17.2 Å². The predicted octanol–water partition coefficient (Wildman–Crippen LogP) is 1.45. The zero-order chi connectivity index (χ0) is 14.3. The SMILES string of the molecule is Cc1nc2c(s1)CC([C@H](N)C(=O)N1CCC(F)C1)CC2. The number of hydrogen-bond acceptors (Lipinski definition) is 4. The number of alkyl halides is 1. The number of rotatable bonds is 2. The molecule has 1 saturated heterocycles. The molecule has 2 aliphatic rings. The van der Waals surface area contributed by atoms with Crippen LogP contribution in [0.25, 0.3) is 0 Å². The Kier molecular flexibility index (Phi) is 3.77. The number of carbonyl (C=O) groups is 1. The molecule has 1 aliphatic carbocycles. The minimum absolute atomic E-state index is 0.0835. The van der Waals surface area contributed by atoms with Crippen LogP contribution in [-0.2, 0) is 17.6 Å². The first-order chi connectivity index (χ1) is 9.54. The van der Waals surface area contributed by atoms with Crippen molar-refractivity contribution in [3.8, 4) is 0 Å². The van der Waals surface area contributed by atoms with Gasteiger partial charge in [-0.05, 0) is 38.5 Å². The number of aromatic nitrogens is 1. The highest BCUT2D eigenvalue weighted by molar-refractivity contribution is 7.11. The van der Waals surface area contributed by atoms with E-state index in [1.165, 1.54) is 10.6 Å². The van der Waals surface area contributed by atoms with E-state index in [4.69, 9.17) is 5.73 Å². The van der Waals surface area contributed by atoms with Gasteiger partial charge in [-0.3, -0.25) is 4.79 Å². The van der Waals surface area contributed by atoms with Crippen molar-refractivity contribution < 1.29 is 9.18 Å². The first kappa shape index (κ1) is 13.9. The molecule has 20 heavy (non-hydrogen) atoms. The Labute approximate surface area is 122 Å². The lowest BCUT2D eigenvalue weighted by molar-refractivity contribution is -0.133. The second kappa shape index (κ2) is 5.41. The summed E-state index contributed by atoms with van der Waals surface area (Å²) in [5, 5.41) is 1.08. The highest BCUT2D eigenvalue weighted by Crippen LogP contribution is 2.31. The number of nitrogens with zero attached hydrogens (tertiary/aromatic N) is 2. The second-order valence-electron chi connectivity index (χ2n) is 5.80. The smallest absolute Gasteiger partial charge is 0.239 e. The maximum absolute atomic E-state index is 13.2. The minimum atomic E-state index is -0.881. The molecule has 2 N–H and O–H groups in total. The highest BCUT2D eigenvalue weighted by atomic mass is 32.1. The number of likely N-dealkylation sites (tertiary alicyclic amines) is 1. The Hall–Kier alpha value is -1.01. The van der Waals surface area contributed by atoms with Crippen LogP contribution < -0.4 is 5.73 Å². The summed E-state index contributed by atoms with van der Waals surface area (Å²) in [4.78, 5) is 19.7. The normalized spacial score (nSPS) is 27.4. The largest absolute Gasteiger partial charge is 0.338 e. The van der Waals surface area contributed by atoms with Crippen molar-refractivity contribution in [2.75, 3.05) is 13.1 Å². The van der Waals surface area contributed by atoms with Gasteiger partial charge in [0.25, 0.3) is 0 Å². The molecular weight excluding hydrogens is 277 g/mol. The summed E-state index contributed by atoms with van der Waals surface area (Å²) in [5.74, 6) is 0.0772. The van der Waals surface area contributed by atoms with Gasteiger partial charge in [0.05, 0.1) is 23.3 Å². The fourth-order valence-electron chi connectivity index (χ4n) is 3.17. The van der Waals surface area contributed by atoms with E-state index in [0.29, 0.717) is 13.0 Å². The molecule has 0 radical (unpaired) electrons. The van der Waals surface area contributed by atoms with Crippen LogP contribution in [0.1, 0.15) is 28.4 Å². The van der Waals surface area contributed by atoms with Gasteiger partial charge in [-0.1, -0.05) is 0 Å². The van der Waals surface area contributed by atoms with E-state index >= 15 is 0 Å². The molecule has 0 aromatic carbocycles. The van der Waals surface area contributed by atoms with Crippen LogP contribution in [0.5, 0.6) is 0 Å². The maximum Gasteiger partial charge on any atom is 0.239 e. The van der Waals surface area contributed by atoms with E-state index in [1.54, 1.807) is 16.2 Å². The summed E-state index contributed by atoms with van der Waals surface area (Å²) in [6.07, 6.45) is 2.20. The van der Waals surface area contributed by atoms with Gasteiger partial charge in [-0.2, -0.15) is 0 Å². The Morgan fingerprint density at radius 2 is 2.35 bits per heavy atom. The zero-order valence-corrected chi connectivity index (χ0v) is 12.5. The van der Waals surface area contributed by atoms with E-state index in [0.717, 1.165) is 24.3 Å². The first-order valence-corrected chi connectivity index (χ1v) is 8.00. The summed E-state index contributed by atoms with van der Waals surface area (Å²) >= 11 is 1.70. The first-order valence-electron chi connectivity index (χ1n) is 7.18. The molecule has 1 fully saturated rings. The summed E-state index contributed by atoms with van der Waals surface area (Å²) in [6, 6.07) is -0.504. The molecule has 3 rings (SSSR count). The van der Waals surface area contributed by atoms with E-state index in [9.17, 15) is 9.18 Å². The quantitative estimate of drug-likeness (QED) is 0.899. The van der Waals surface area contributed by atoms with Gasteiger partial charge in [-0.25, -0.2) is 9.37 Å². The van der Waals surface area contributed by atoms with Crippen LogP contribution in [0.2, 0.25) is 0 Å². The van der Waals surface area contributed by atoms with Crippen molar-refractivity contribution in [3.63, 3.8) is 0 Å². The van der Waals surface area contributed by atoms with Crippen LogP contribution in [-0.4, -0.2) is 41.1 Å². The summed E-state index contributed by atoms with van der Waals surface area (Å²) < 4.78 is 13.2. The summed E-state index contributed by atoms with van der Waals surface area (Å²) in [5.41, 5.74) is 7.33. The molecule has 4 nitrogen and oxygen atoms in total. The van der Waals surface area contributed by atoms with Crippen LogP contribution in [0, 0.1) is 12.8 Å². The van der Waals surface area contributed by atoms with Crippen LogP contribution in [0.4, 0.5) is 4.39 Å². The topological polar surface area (TPSA) is 59.2 Å². The number of thiazole rings is 1. The number of halogens is 1. The predicted molar refractivity (Wildman–Crippen MR) is 76.4 cm³/mol. The molecule has 2 heterocycles. The van der Waals surface area contributed by atoms with Gasteiger partial charge < -0.3 is 10.6 Å². The van der Waals surface area contributed by atoms with Gasteiger partial charge in [0, 0.05) is 11.4 Å². The Morgan fingerprint density at radius 3 is 3.05 bits per heavy atom. The number of carbonyl (C=O) groups excluding carboxylic acids is 1. The molecule has 0 bridgehead atoms. The molecule has 2 unspecified atom stereocenters. The lowest BCUT2D eigenvalue weighted by Gasteiger charge is -2.29. The van der Waals surface area contributed by atoms with Crippen LogP contribution in [0.15, 0.2) is 0 Å². The lowest BCUT2D eigenvalue weighted by Crippen LogP contribution is -2.48. The van der Waals surface area contributed by atoms with Gasteiger partial charge in [0.1, 0.15) is 6.17 Å². The van der Waals surface area contributed by atoms with E-state index in [2.05, 4.69) is 4.98 Å². The molecule has 0 saturated carbocycles. The Balaban J connectivity index is 1.66. The van der Waals surface area contributed by atoms with Gasteiger partial charge in [0.15, 0.2) is 0 Å². The number of nitrogens with two attached hydrogens (primary N) is 1. The fraction of sp³-hybridized carbons (Fsp3) is 0.714. The molecule has 3 atom stereocenters. The molecule has 1 aliphatic heterocycles. The van der Waals surface area contributed by atoms with E-state index in [1.807, 2.05) is 6.92 Å². The average Bonchev–Trinajstić information content (AvgIpc) is 3.00. The van der Waals surface area contributed by atoms with Crippen LogP contribution >= 0.6 is 11.3 Å². The molecule has 110 valence electrons. The maximum atomic E-state index is 13.2. The zero-order valence-electron chi connectivity index (χ0n) is 11.6. The summed E-state index contributed by atoms with van der Waals surface area (Å²) in [6.45, 7) is 2.73. The van der Waals surface area contributed by atoms with Crippen molar-refractivity contribution in [2.45, 2.75) is 44.8 Å².